The third-order valence-electron chi connectivity index (χ3n) is 4.66. The minimum atomic E-state index is -1.28. The molecule has 0 atom stereocenters. The van der Waals surface area contributed by atoms with Crippen molar-refractivity contribution in [2.45, 2.75) is 12.8 Å². The predicted octanol–water partition coefficient (Wildman–Crippen LogP) is 4.38. The summed E-state index contributed by atoms with van der Waals surface area (Å²) in [5.41, 5.74) is 1.95. The first kappa shape index (κ1) is 22.6. The number of ether oxygens (including phenoxy) is 1. The molecule has 164 valence electrons. The van der Waals surface area contributed by atoms with Crippen molar-refractivity contribution in [2.75, 3.05) is 12.4 Å². The lowest BCUT2D eigenvalue weighted by Crippen LogP contribution is -2.16. The van der Waals surface area contributed by atoms with Gasteiger partial charge in [-0.1, -0.05) is 36.4 Å². The van der Waals surface area contributed by atoms with Gasteiger partial charge in [-0.2, -0.15) is 0 Å². The molecule has 32 heavy (non-hydrogen) atoms. The molecule has 2 N–H and O–H groups in total. The number of hydrogen-bond acceptors (Lipinski definition) is 7. The van der Waals surface area contributed by atoms with Gasteiger partial charge in [0.05, 0.1) is 23.3 Å². The van der Waals surface area contributed by atoms with Crippen LogP contribution in [0, 0.1) is 10.1 Å². The Kier molecular flexibility index (Phi) is 6.96. The third kappa shape index (κ3) is 4.98. The molecule has 0 saturated carbocycles. The van der Waals surface area contributed by atoms with Crippen molar-refractivity contribution in [2.24, 2.45) is 0 Å². The van der Waals surface area contributed by atoms with Crippen molar-refractivity contribution in [1.82, 2.24) is 0 Å². The van der Waals surface area contributed by atoms with Crippen molar-refractivity contribution in [3.05, 3.63) is 80.0 Å². The number of hydrogen-bond donors (Lipinski definition) is 2. The van der Waals surface area contributed by atoms with Crippen LogP contribution in [-0.4, -0.2) is 35.0 Å². The van der Waals surface area contributed by atoms with Crippen molar-refractivity contribution < 1.29 is 29.2 Å². The van der Waals surface area contributed by atoms with E-state index >= 15 is 0 Å². The first-order chi connectivity index (χ1) is 15.3. The topological polar surface area (TPSA) is 136 Å². The summed E-state index contributed by atoms with van der Waals surface area (Å²) in [6, 6.07) is 13.5. The normalized spacial score (nSPS) is 10.4. The molecule has 3 rings (SSSR count). The summed E-state index contributed by atoms with van der Waals surface area (Å²) in [7, 11) is 1.13. The number of nitrogens with one attached hydrogen (secondary N) is 1. The van der Waals surface area contributed by atoms with Crippen LogP contribution in [0.1, 0.15) is 32.0 Å². The first-order valence-electron chi connectivity index (χ1n) is 9.37. The SMILES string of the molecule is COC(=O)c1c(NC(=O)CCc2ccc(-c3ccccc3[N+](=O)[O-])cc2)csc1C(=O)O. The Morgan fingerprint density at radius 1 is 1.12 bits per heavy atom. The van der Waals surface area contributed by atoms with Crippen LogP contribution in [0.25, 0.3) is 11.1 Å². The third-order valence-corrected chi connectivity index (χ3v) is 5.62. The van der Waals surface area contributed by atoms with Gasteiger partial charge in [-0.25, -0.2) is 9.59 Å². The summed E-state index contributed by atoms with van der Waals surface area (Å²) in [5.74, 6) is -2.52. The summed E-state index contributed by atoms with van der Waals surface area (Å²) >= 11 is 0.824. The zero-order chi connectivity index (χ0) is 23.3. The van der Waals surface area contributed by atoms with Crippen LogP contribution >= 0.6 is 11.3 Å². The molecule has 3 aromatic rings. The smallest absolute Gasteiger partial charge is 0.346 e. The fraction of sp³-hybridized carbons (Fsp3) is 0.136. The molecule has 0 unspecified atom stereocenters. The maximum Gasteiger partial charge on any atom is 0.346 e. The van der Waals surface area contributed by atoms with Crippen molar-refractivity contribution in [3.63, 3.8) is 0 Å². The van der Waals surface area contributed by atoms with Gasteiger partial charge in [0.25, 0.3) is 5.69 Å². The van der Waals surface area contributed by atoms with Crippen LogP contribution in [0.5, 0.6) is 0 Å². The number of thiophene rings is 1. The Labute approximate surface area is 186 Å². The summed E-state index contributed by atoms with van der Waals surface area (Å²) in [4.78, 5) is 46.1. The van der Waals surface area contributed by atoms with Crippen molar-refractivity contribution >= 4 is 40.6 Å². The van der Waals surface area contributed by atoms with E-state index < -0.39 is 22.8 Å². The standard InChI is InChI=1S/C22H18N2O7S/c1-31-22(28)19-16(12-32-20(19)21(26)27)23-18(25)11-8-13-6-9-14(10-7-13)15-4-2-3-5-17(15)24(29)30/h2-7,9-10,12H,8,11H2,1H3,(H,23,25)(H,26,27). The van der Waals surface area contributed by atoms with Crippen LogP contribution in [0.4, 0.5) is 11.4 Å². The Morgan fingerprint density at radius 2 is 1.81 bits per heavy atom. The average molecular weight is 454 g/mol. The number of aryl methyl sites for hydroxylation is 1. The number of nitrogens with zero attached hydrogens (tertiary/aromatic N) is 1. The highest BCUT2D eigenvalue weighted by molar-refractivity contribution is 7.13. The fourth-order valence-electron chi connectivity index (χ4n) is 3.11. The lowest BCUT2D eigenvalue weighted by Gasteiger charge is -2.08. The number of rotatable bonds is 8. The number of carboxylic acids is 1. The van der Waals surface area contributed by atoms with E-state index in [1.54, 1.807) is 42.5 Å². The number of carboxylic acid groups (broad SMARTS) is 1. The van der Waals surface area contributed by atoms with E-state index in [1.807, 2.05) is 0 Å². The van der Waals surface area contributed by atoms with Crippen LogP contribution < -0.4 is 5.32 Å². The van der Waals surface area contributed by atoms with Gasteiger partial charge >= 0.3 is 11.9 Å². The molecule has 0 radical (unpaired) electrons. The van der Waals surface area contributed by atoms with Crippen LogP contribution in [0.2, 0.25) is 0 Å². The van der Waals surface area contributed by atoms with Crippen LogP contribution in [0.3, 0.4) is 0 Å². The molecule has 0 aliphatic carbocycles. The molecule has 2 aromatic carbocycles. The zero-order valence-corrected chi connectivity index (χ0v) is 17.7. The van der Waals surface area contributed by atoms with Gasteiger partial charge in [0.1, 0.15) is 10.4 Å². The zero-order valence-electron chi connectivity index (χ0n) is 16.9. The number of carbonyl (C=O) groups is 3. The van der Waals surface area contributed by atoms with Gasteiger partial charge in [-0.05, 0) is 23.6 Å². The Morgan fingerprint density at radius 3 is 2.44 bits per heavy atom. The highest BCUT2D eigenvalue weighted by atomic mass is 32.1. The number of amides is 1. The van der Waals surface area contributed by atoms with E-state index in [1.165, 1.54) is 11.4 Å². The van der Waals surface area contributed by atoms with E-state index in [2.05, 4.69) is 10.1 Å². The maximum absolute atomic E-state index is 12.4. The number of nitro groups is 1. The number of nitro benzene ring substituents is 1. The minimum absolute atomic E-state index is 0.0116. The molecule has 0 spiro atoms. The van der Waals surface area contributed by atoms with Gasteiger partial charge in [0.15, 0.2) is 0 Å². The molecular weight excluding hydrogens is 436 g/mol. The number of esters is 1. The molecule has 1 amide bonds. The van der Waals surface area contributed by atoms with Crippen LogP contribution in [-0.2, 0) is 16.0 Å². The molecule has 10 heteroatoms. The molecule has 0 saturated heterocycles. The van der Waals surface area contributed by atoms with Crippen molar-refractivity contribution in [1.29, 1.82) is 0 Å². The van der Waals surface area contributed by atoms with E-state index in [0.29, 0.717) is 17.5 Å². The summed E-state index contributed by atoms with van der Waals surface area (Å²) in [5, 5.41) is 24.4. The van der Waals surface area contributed by atoms with E-state index in [-0.39, 0.29) is 28.2 Å². The summed E-state index contributed by atoms with van der Waals surface area (Å²) in [6.07, 6.45) is 0.468. The van der Waals surface area contributed by atoms with Gasteiger partial charge < -0.3 is 15.2 Å². The number of benzene rings is 2. The van der Waals surface area contributed by atoms with Gasteiger partial charge in [-0.15, -0.1) is 11.3 Å². The average Bonchev–Trinajstić information content (AvgIpc) is 3.21. The number of aromatic carboxylic acids is 1. The molecule has 0 bridgehead atoms. The predicted molar refractivity (Wildman–Crippen MR) is 118 cm³/mol. The summed E-state index contributed by atoms with van der Waals surface area (Å²) < 4.78 is 4.62. The Bertz CT molecular complexity index is 1190. The van der Waals surface area contributed by atoms with Gasteiger partial charge in [-0.3, -0.25) is 14.9 Å². The van der Waals surface area contributed by atoms with Gasteiger partial charge in [0, 0.05) is 17.9 Å². The molecular formula is C22H18N2O7S. The molecule has 0 aliphatic rings. The largest absolute Gasteiger partial charge is 0.477 e. The molecule has 9 nitrogen and oxygen atoms in total. The lowest BCUT2D eigenvalue weighted by atomic mass is 10.0. The lowest BCUT2D eigenvalue weighted by molar-refractivity contribution is -0.384. The number of carbonyl (C=O) groups excluding carboxylic acids is 2. The maximum atomic E-state index is 12.4. The Hall–Kier alpha value is -4.05. The second-order valence-corrected chi connectivity index (χ2v) is 7.55. The highest BCUT2D eigenvalue weighted by Gasteiger charge is 2.25. The highest BCUT2D eigenvalue weighted by Crippen LogP contribution is 2.30. The number of anilines is 1. The van der Waals surface area contributed by atoms with Crippen LogP contribution in [0.15, 0.2) is 53.9 Å². The Balaban J connectivity index is 1.67. The first-order valence-corrected chi connectivity index (χ1v) is 10.3. The summed E-state index contributed by atoms with van der Waals surface area (Å²) in [6.45, 7) is 0. The molecule has 1 aromatic heterocycles. The number of para-hydroxylation sites is 1. The second-order valence-electron chi connectivity index (χ2n) is 6.67. The number of methoxy groups -OCH3 is 1. The van der Waals surface area contributed by atoms with Gasteiger partial charge in [0.2, 0.25) is 5.91 Å². The monoisotopic (exact) mass is 454 g/mol. The molecule has 0 aliphatic heterocycles. The van der Waals surface area contributed by atoms with E-state index in [4.69, 9.17) is 0 Å². The van der Waals surface area contributed by atoms with Crippen molar-refractivity contribution in [3.8, 4) is 11.1 Å². The quantitative estimate of drug-likeness (QED) is 0.293. The van der Waals surface area contributed by atoms with E-state index in [0.717, 1.165) is 24.0 Å². The molecule has 1 heterocycles. The molecule has 0 fully saturated rings. The van der Waals surface area contributed by atoms with E-state index in [9.17, 15) is 29.6 Å². The second kappa shape index (κ2) is 9.84. The fourth-order valence-corrected chi connectivity index (χ4v) is 3.93. The minimum Gasteiger partial charge on any atom is -0.477 e.